The van der Waals surface area contributed by atoms with E-state index in [0.29, 0.717) is 12.8 Å². The first-order chi connectivity index (χ1) is 22.8. The standard InChI is InChI=1S/C37H70O10/c1-3-5-6-7-8-9-10-11-12-13-14-15-16-17-18-19-20-21-22-23-24-26-33(40)46-30(28-44-32(39)25-4-2)29-45-37-36(43)35(42)34(41)31(27-38)47-37/h30-31,34-38,41-43H,3-29H2,1-2H3. The fourth-order valence-electron chi connectivity index (χ4n) is 5.93. The number of ether oxygens (including phenoxy) is 4. The molecule has 6 atom stereocenters. The highest BCUT2D eigenvalue weighted by Gasteiger charge is 2.44. The van der Waals surface area contributed by atoms with E-state index in [4.69, 9.17) is 18.9 Å². The summed E-state index contributed by atoms with van der Waals surface area (Å²) >= 11 is 0. The molecule has 278 valence electrons. The van der Waals surface area contributed by atoms with Crippen LogP contribution in [-0.4, -0.2) is 89.0 Å². The molecule has 4 N–H and O–H groups in total. The lowest BCUT2D eigenvalue weighted by molar-refractivity contribution is -0.305. The van der Waals surface area contributed by atoms with Gasteiger partial charge in [-0.25, -0.2) is 0 Å². The van der Waals surface area contributed by atoms with Gasteiger partial charge in [0.05, 0.1) is 13.2 Å². The average Bonchev–Trinajstić information content (AvgIpc) is 3.06. The van der Waals surface area contributed by atoms with Crippen molar-refractivity contribution < 1.29 is 49.0 Å². The first-order valence-corrected chi connectivity index (χ1v) is 19.1. The molecule has 1 aliphatic heterocycles. The third-order valence-electron chi connectivity index (χ3n) is 8.96. The van der Waals surface area contributed by atoms with E-state index in [2.05, 4.69) is 6.92 Å². The Bertz CT molecular complexity index is 749. The van der Waals surface area contributed by atoms with E-state index in [0.717, 1.165) is 19.3 Å². The number of esters is 2. The third kappa shape index (κ3) is 22.1. The quantitative estimate of drug-likeness (QED) is 0.0464. The summed E-state index contributed by atoms with van der Waals surface area (Å²) in [7, 11) is 0. The van der Waals surface area contributed by atoms with Crippen LogP contribution in [0.4, 0.5) is 0 Å². The van der Waals surface area contributed by atoms with Gasteiger partial charge in [0.2, 0.25) is 0 Å². The maximum atomic E-state index is 12.5. The van der Waals surface area contributed by atoms with E-state index >= 15 is 0 Å². The monoisotopic (exact) mass is 674 g/mol. The van der Waals surface area contributed by atoms with Crippen LogP contribution in [0.3, 0.4) is 0 Å². The first-order valence-electron chi connectivity index (χ1n) is 19.1. The zero-order valence-corrected chi connectivity index (χ0v) is 29.8. The van der Waals surface area contributed by atoms with Gasteiger partial charge in [-0.05, 0) is 12.8 Å². The second-order valence-electron chi connectivity index (χ2n) is 13.4. The second kappa shape index (κ2) is 29.6. The lowest BCUT2D eigenvalue weighted by Gasteiger charge is -2.39. The smallest absolute Gasteiger partial charge is 0.306 e. The molecule has 0 bridgehead atoms. The van der Waals surface area contributed by atoms with Crippen LogP contribution in [0.5, 0.6) is 0 Å². The van der Waals surface area contributed by atoms with Crippen molar-refractivity contribution in [1.82, 2.24) is 0 Å². The van der Waals surface area contributed by atoms with Gasteiger partial charge in [0.15, 0.2) is 12.4 Å². The van der Waals surface area contributed by atoms with Crippen LogP contribution in [0, 0.1) is 0 Å². The first kappa shape index (κ1) is 43.7. The molecule has 0 aromatic rings. The number of hydrogen-bond acceptors (Lipinski definition) is 10. The molecule has 0 spiro atoms. The van der Waals surface area contributed by atoms with Crippen LogP contribution >= 0.6 is 0 Å². The van der Waals surface area contributed by atoms with Crippen molar-refractivity contribution in [2.45, 2.75) is 205 Å². The van der Waals surface area contributed by atoms with Gasteiger partial charge in [0, 0.05) is 12.8 Å². The minimum atomic E-state index is -1.58. The van der Waals surface area contributed by atoms with Crippen molar-refractivity contribution in [1.29, 1.82) is 0 Å². The van der Waals surface area contributed by atoms with Crippen molar-refractivity contribution in [2.75, 3.05) is 19.8 Å². The van der Waals surface area contributed by atoms with E-state index < -0.39 is 55.4 Å². The van der Waals surface area contributed by atoms with Gasteiger partial charge in [-0.3, -0.25) is 9.59 Å². The van der Waals surface area contributed by atoms with Gasteiger partial charge in [0.1, 0.15) is 31.0 Å². The van der Waals surface area contributed by atoms with Gasteiger partial charge in [0.25, 0.3) is 0 Å². The molecular weight excluding hydrogens is 604 g/mol. The number of unbranched alkanes of at least 4 members (excludes halogenated alkanes) is 20. The molecule has 0 saturated carbocycles. The fourth-order valence-corrected chi connectivity index (χ4v) is 5.93. The Morgan fingerprint density at radius 1 is 0.574 bits per heavy atom. The molecule has 1 heterocycles. The minimum absolute atomic E-state index is 0.221. The van der Waals surface area contributed by atoms with E-state index in [1.165, 1.54) is 109 Å². The van der Waals surface area contributed by atoms with Gasteiger partial charge in [-0.2, -0.15) is 0 Å². The molecule has 0 amide bonds. The molecule has 0 aromatic carbocycles. The molecule has 10 nitrogen and oxygen atoms in total. The van der Waals surface area contributed by atoms with Gasteiger partial charge >= 0.3 is 11.9 Å². The summed E-state index contributed by atoms with van der Waals surface area (Å²) in [5.41, 5.74) is 0. The summed E-state index contributed by atoms with van der Waals surface area (Å²) in [6.07, 6.45) is 20.1. The van der Waals surface area contributed by atoms with E-state index in [-0.39, 0.29) is 26.1 Å². The van der Waals surface area contributed by atoms with Crippen molar-refractivity contribution in [3.63, 3.8) is 0 Å². The molecule has 1 aliphatic rings. The lowest BCUT2D eigenvalue weighted by Crippen LogP contribution is -2.59. The van der Waals surface area contributed by atoms with E-state index in [1.54, 1.807) is 0 Å². The summed E-state index contributed by atoms with van der Waals surface area (Å²) in [4.78, 5) is 24.4. The molecule has 0 aliphatic carbocycles. The Hall–Kier alpha value is -1.30. The molecule has 1 fully saturated rings. The zero-order chi connectivity index (χ0) is 34.5. The van der Waals surface area contributed by atoms with Crippen molar-refractivity contribution in [3.05, 3.63) is 0 Å². The Kier molecular flexibility index (Phi) is 27.5. The summed E-state index contributed by atoms with van der Waals surface area (Å²) < 4.78 is 21.6. The average molecular weight is 675 g/mol. The topological polar surface area (TPSA) is 152 Å². The van der Waals surface area contributed by atoms with E-state index in [1.807, 2.05) is 6.92 Å². The highest BCUT2D eigenvalue weighted by molar-refractivity contribution is 5.70. The van der Waals surface area contributed by atoms with Gasteiger partial charge in [-0.1, -0.05) is 142 Å². The van der Waals surface area contributed by atoms with Crippen LogP contribution in [0.15, 0.2) is 0 Å². The molecule has 10 heteroatoms. The van der Waals surface area contributed by atoms with Crippen LogP contribution in [0.1, 0.15) is 168 Å². The predicted molar refractivity (Wildman–Crippen MR) is 183 cm³/mol. The molecule has 6 unspecified atom stereocenters. The Morgan fingerprint density at radius 2 is 1.04 bits per heavy atom. The SMILES string of the molecule is CCCCCCCCCCCCCCCCCCCCCCCC(=O)OC(COC(=O)CCC)COC1OC(CO)C(O)C(O)C1O. The number of hydrogen-bond donors (Lipinski definition) is 4. The van der Waals surface area contributed by atoms with Gasteiger partial charge in [-0.15, -0.1) is 0 Å². The Morgan fingerprint density at radius 3 is 1.49 bits per heavy atom. The molecule has 0 aromatic heterocycles. The highest BCUT2D eigenvalue weighted by atomic mass is 16.7. The van der Waals surface area contributed by atoms with Crippen molar-refractivity contribution in [2.24, 2.45) is 0 Å². The molecule has 0 radical (unpaired) electrons. The third-order valence-corrected chi connectivity index (χ3v) is 8.96. The summed E-state index contributed by atoms with van der Waals surface area (Å²) in [6.45, 7) is 3.04. The van der Waals surface area contributed by atoms with Crippen molar-refractivity contribution >= 4 is 11.9 Å². The summed E-state index contributed by atoms with van der Waals surface area (Å²) in [6, 6.07) is 0. The minimum Gasteiger partial charge on any atom is -0.462 e. The normalized spacial score (nSPS) is 21.9. The van der Waals surface area contributed by atoms with Crippen LogP contribution in [0.2, 0.25) is 0 Å². The van der Waals surface area contributed by atoms with Crippen LogP contribution in [0.25, 0.3) is 0 Å². The number of carbonyl (C=O) groups is 2. The van der Waals surface area contributed by atoms with Crippen LogP contribution < -0.4 is 0 Å². The molecule has 1 saturated heterocycles. The second-order valence-corrected chi connectivity index (χ2v) is 13.4. The fraction of sp³-hybridized carbons (Fsp3) is 0.946. The summed E-state index contributed by atoms with van der Waals surface area (Å²) in [5.74, 6) is -0.859. The largest absolute Gasteiger partial charge is 0.462 e. The van der Waals surface area contributed by atoms with E-state index in [9.17, 15) is 30.0 Å². The Balaban J connectivity index is 2.11. The molecule has 1 rings (SSSR count). The van der Waals surface area contributed by atoms with Crippen molar-refractivity contribution in [3.8, 4) is 0 Å². The number of aliphatic hydroxyl groups is 4. The predicted octanol–water partition coefficient (Wildman–Crippen LogP) is 6.66. The maximum absolute atomic E-state index is 12.5. The number of aliphatic hydroxyl groups excluding tert-OH is 4. The zero-order valence-electron chi connectivity index (χ0n) is 29.8. The Labute approximate surface area is 285 Å². The highest BCUT2D eigenvalue weighted by Crippen LogP contribution is 2.22. The lowest BCUT2D eigenvalue weighted by atomic mass is 9.99. The maximum Gasteiger partial charge on any atom is 0.306 e. The molecule has 47 heavy (non-hydrogen) atoms. The summed E-state index contributed by atoms with van der Waals surface area (Å²) in [5, 5.41) is 39.5. The number of carbonyl (C=O) groups excluding carboxylic acids is 2. The van der Waals surface area contributed by atoms with Gasteiger partial charge < -0.3 is 39.4 Å². The number of rotatable bonds is 31. The molecular formula is C37H70O10. The van der Waals surface area contributed by atoms with Crippen LogP contribution in [-0.2, 0) is 28.5 Å².